The molecule has 0 N–H and O–H groups in total. The number of hydrogen-bond acceptors (Lipinski definition) is 5. The van der Waals surface area contributed by atoms with Crippen molar-refractivity contribution in [1.29, 1.82) is 0 Å². The van der Waals surface area contributed by atoms with E-state index in [9.17, 15) is 4.79 Å². The molecule has 0 aromatic heterocycles. The van der Waals surface area contributed by atoms with E-state index in [1.54, 1.807) is 13.2 Å². The highest BCUT2D eigenvalue weighted by Crippen LogP contribution is 2.31. The van der Waals surface area contributed by atoms with E-state index in [-0.39, 0.29) is 24.2 Å². The molecule has 2 saturated heterocycles. The maximum atomic E-state index is 12.6. The first kappa shape index (κ1) is 17.0. The van der Waals surface area contributed by atoms with E-state index < -0.39 is 0 Å². The van der Waals surface area contributed by atoms with Crippen LogP contribution in [0.2, 0.25) is 0 Å². The number of amides is 1. The maximum absolute atomic E-state index is 12.6. The minimum absolute atomic E-state index is 0.0150. The van der Waals surface area contributed by atoms with Gasteiger partial charge in [-0.15, -0.1) is 0 Å². The van der Waals surface area contributed by atoms with Gasteiger partial charge in [0.05, 0.1) is 25.4 Å². The average Bonchev–Trinajstić information content (AvgIpc) is 2.59. The smallest absolute Gasteiger partial charge is 0.260 e. The fourth-order valence-corrected chi connectivity index (χ4v) is 3.36. The van der Waals surface area contributed by atoms with E-state index in [4.69, 9.17) is 18.9 Å². The number of rotatable bonds is 4. The Kier molecular flexibility index (Phi) is 5.26. The third-order valence-corrected chi connectivity index (χ3v) is 4.57. The Morgan fingerprint density at radius 1 is 1.33 bits per heavy atom. The number of carbonyl (C=O) groups excluding carboxylic acids is 1. The first-order valence-corrected chi connectivity index (χ1v) is 8.40. The number of carbonyl (C=O) groups is 1. The van der Waals surface area contributed by atoms with Gasteiger partial charge in [-0.2, -0.15) is 0 Å². The molecule has 132 valence electrons. The normalized spacial score (nSPS) is 23.1. The van der Waals surface area contributed by atoms with Crippen LogP contribution in [0.3, 0.4) is 0 Å². The summed E-state index contributed by atoms with van der Waals surface area (Å²) in [5.74, 6) is 1.32. The molecule has 1 amide bonds. The standard InChI is InChI=1S/C18H25NO5/c1-14-11-19(13-18(24-14)6-8-22-9-7-18)17(20)12-23-16-5-3-4-15(10-16)21-2/h3-5,10,14H,6-9,11-13H2,1-2H3. The number of morpholine rings is 1. The third kappa shape index (κ3) is 3.99. The van der Waals surface area contributed by atoms with Gasteiger partial charge in [0.25, 0.3) is 5.91 Å². The second-order valence-corrected chi connectivity index (χ2v) is 6.47. The zero-order valence-electron chi connectivity index (χ0n) is 14.3. The molecule has 0 radical (unpaired) electrons. The summed E-state index contributed by atoms with van der Waals surface area (Å²) >= 11 is 0. The van der Waals surface area contributed by atoms with Crippen LogP contribution in [-0.2, 0) is 14.3 Å². The minimum Gasteiger partial charge on any atom is -0.497 e. The summed E-state index contributed by atoms with van der Waals surface area (Å²) in [5, 5.41) is 0. The third-order valence-electron chi connectivity index (χ3n) is 4.57. The van der Waals surface area contributed by atoms with E-state index in [0.717, 1.165) is 12.8 Å². The summed E-state index contributed by atoms with van der Waals surface area (Å²) in [6.45, 7) is 4.63. The van der Waals surface area contributed by atoms with Gasteiger partial charge in [-0.1, -0.05) is 6.07 Å². The number of nitrogens with zero attached hydrogens (tertiary/aromatic N) is 1. The van der Waals surface area contributed by atoms with Crippen molar-refractivity contribution in [2.24, 2.45) is 0 Å². The second-order valence-electron chi connectivity index (χ2n) is 6.47. The lowest BCUT2D eigenvalue weighted by Crippen LogP contribution is -2.59. The molecule has 3 rings (SSSR count). The monoisotopic (exact) mass is 335 g/mol. The summed E-state index contributed by atoms with van der Waals surface area (Å²) < 4.78 is 22.4. The Morgan fingerprint density at radius 3 is 2.83 bits per heavy atom. The van der Waals surface area contributed by atoms with E-state index in [1.807, 2.05) is 30.0 Å². The zero-order chi connectivity index (χ0) is 17.0. The van der Waals surface area contributed by atoms with Crippen LogP contribution in [0.4, 0.5) is 0 Å². The van der Waals surface area contributed by atoms with Crippen LogP contribution in [0.1, 0.15) is 19.8 Å². The number of benzene rings is 1. The highest BCUT2D eigenvalue weighted by Gasteiger charge is 2.42. The van der Waals surface area contributed by atoms with E-state index in [1.165, 1.54) is 0 Å². The molecule has 0 bridgehead atoms. The Hall–Kier alpha value is -1.79. The summed E-state index contributed by atoms with van der Waals surface area (Å²) in [6.07, 6.45) is 1.69. The molecular weight excluding hydrogens is 310 g/mol. The highest BCUT2D eigenvalue weighted by atomic mass is 16.5. The van der Waals surface area contributed by atoms with Gasteiger partial charge in [0.15, 0.2) is 6.61 Å². The second kappa shape index (κ2) is 7.40. The van der Waals surface area contributed by atoms with E-state index in [2.05, 4.69) is 0 Å². The average molecular weight is 335 g/mol. The lowest BCUT2D eigenvalue weighted by Gasteiger charge is -2.47. The maximum Gasteiger partial charge on any atom is 0.260 e. The molecule has 1 aromatic rings. The highest BCUT2D eigenvalue weighted by molar-refractivity contribution is 5.78. The first-order chi connectivity index (χ1) is 11.6. The lowest BCUT2D eigenvalue weighted by molar-refractivity contribution is -0.190. The Labute approximate surface area is 142 Å². The molecule has 0 aliphatic carbocycles. The van der Waals surface area contributed by atoms with E-state index in [0.29, 0.717) is 37.8 Å². The van der Waals surface area contributed by atoms with Crippen molar-refractivity contribution >= 4 is 5.91 Å². The fraction of sp³-hybridized carbons (Fsp3) is 0.611. The summed E-state index contributed by atoms with van der Waals surface area (Å²) in [4.78, 5) is 14.4. The molecule has 1 aromatic carbocycles. The number of methoxy groups -OCH3 is 1. The van der Waals surface area contributed by atoms with Crippen LogP contribution in [-0.4, -0.2) is 62.5 Å². The van der Waals surface area contributed by atoms with Crippen molar-refractivity contribution in [3.8, 4) is 11.5 Å². The number of hydrogen-bond donors (Lipinski definition) is 0. The van der Waals surface area contributed by atoms with Crippen molar-refractivity contribution in [1.82, 2.24) is 4.90 Å². The Balaban J connectivity index is 1.59. The van der Waals surface area contributed by atoms with Crippen LogP contribution in [0.15, 0.2) is 24.3 Å². The van der Waals surface area contributed by atoms with Gasteiger partial charge < -0.3 is 23.8 Å². The topological polar surface area (TPSA) is 57.2 Å². The fourth-order valence-electron chi connectivity index (χ4n) is 3.36. The van der Waals surface area contributed by atoms with Gasteiger partial charge in [-0.05, 0) is 19.1 Å². The molecule has 0 saturated carbocycles. The van der Waals surface area contributed by atoms with Crippen molar-refractivity contribution in [2.45, 2.75) is 31.5 Å². The molecule has 6 heteroatoms. The van der Waals surface area contributed by atoms with Crippen LogP contribution in [0, 0.1) is 0 Å². The van der Waals surface area contributed by atoms with Crippen LogP contribution >= 0.6 is 0 Å². The van der Waals surface area contributed by atoms with Gasteiger partial charge in [0.1, 0.15) is 11.5 Å². The van der Waals surface area contributed by atoms with Crippen molar-refractivity contribution in [3.05, 3.63) is 24.3 Å². The molecule has 2 aliphatic heterocycles. The van der Waals surface area contributed by atoms with Crippen molar-refractivity contribution in [2.75, 3.05) is 40.0 Å². The van der Waals surface area contributed by atoms with Crippen LogP contribution in [0.25, 0.3) is 0 Å². The molecule has 1 atom stereocenters. The van der Waals surface area contributed by atoms with E-state index >= 15 is 0 Å². The quantitative estimate of drug-likeness (QED) is 0.841. The first-order valence-electron chi connectivity index (χ1n) is 8.40. The number of ether oxygens (including phenoxy) is 4. The SMILES string of the molecule is COc1cccc(OCC(=O)N2CC(C)OC3(CCOCC3)C2)c1. The predicted molar refractivity (Wildman–Crippen MR) is 88.4 cm³/mol. The van der Waals surface area contributed by atoms with Gasteiger partial charge in [0.2, 0.25) is 0 Å². The summed E-state index contributed by atoms with van der Waals surface area (Å²) in [5.41, 5.74) is -0.262. The zero-order valence-corrected chi connectivity index (χ0v) is 14.3. The lowest BCUT2D eigenvalue weighted by atomic mass is 9.91. The molecule has 2 aliphatic rings. The Morgan fingerprint density at radius 2 is 2.08 bits per heavy atom. The molecule has 24 heavy (non-hydrogen) atoms. The largest absolute Gasteiger partial charge is 0.497 e. The minimum atomic E-state index is -0.262. The predicted octanol–water partition coefficient (Wildman–Crippen LogP) is 1.87. The van der Waals surface area contributed by atoms with Gasteiger partial charge >= 0.3 is 0 Å². The van der Waals surface area contributed by atoms with Gasteiger partial charge in [-0.25, -0.2) is 0 Å². The van der Waals surface area contributed by atoms with Gasteiger partial charge in [0, 0.05) is 38.7 Å². The van der Waals surface area contributed by atoms with Crippen molar-refractivity contribution in [3.63, 3.8) is 0 Å². The molecular formula is C18H25NO5. The molecule has 2 heterocycles. The van der Waals surface area contributed by atoms with Crippen LogP contribution in [0.5, 0.6) is 11.5 Å². The van der Waals surface area contributed by atoms with Crippen molar-refractivity contribution < 1.29 is 23.7 Å². The molecule has 6 nitrogen and oxygen atoms in total. The summed E-state index contributed by atoms with van der Waals surface area (Å²) in [6, 6.07) is 7.27. The summed E-state index contributed by atoms with van der Waals surface area (Å²) in [7, 11) is 1.60. The molecule has 1 spiro atoms. The van der Waals surface area contributed by atoms with Gasteiger partial charge in [-0.3, -0.25) is 4.79 Å². The molecule has 1 unspecified atom stereocenters. The Bertz CT molecular complexity index is 570. The molecule has 2 fully saturated rings. The van der Waals surface area contributed by atoms with Crippen LogP contribution < -0.4 is 9.47 Å².